The highest BCUT2D eigenvalue weighted by Gasteiger charge is 2.16. The van der Waals surface area contributed by atoms with Crippen LogP contribution in [-0.2, 0) is 0 Å². The highest BCUT2D eigenvalue weighted by molar-refractivity contribution is 5.79. The molecule has 0 atom stereocenters. The van der Waals surface area contributed by atoms with Crippen molar-refractivity contribution in [2.45, 2.75) is 0 Å². The summed E-state index contributed by atoms with van der Waals surface area (Å²) >= 11 is 0. The molecule has 0 saturated heterocycles. The van der Waals surface area contributed by atoms with E-state index in [1.165, 1.54) is 0 Å². The Hall–Kier alpha value is -2.05. The molecular formula is C13H11ClN2O. The molecule has 0 bridgehead atoms. The number of hydrogen-bond donors (Lipinski definition) is 0. The van der Waals surface area contributed by atoms with E-state index in [9.17, 15) is 0 Å². The minimum absolute atomic E-state index is 0. The molecular weight excluding hydrogens is 236 g/mol. The van der Waals surface area contributed by atoms with E-state index in [0.717, 1.165) is 11.1 Å². The highest BCUT2D eigenvalue weighted by atomic mass is 35.5. The molecule has 0 aliphatic rings. The lowest BCUT2D eigenvalue weighted by molar-refractivity contribution is -0.00000371. The highest BCUT2D eigenvalue weighted by Crippen LogP contribution is 2.33. The van der Waals surface area contributed by atoms with Gasteiger partial charge in [0, 0.05) is 0 Å². The van der Waals surface area contributed by atoms with Gasteiger partial charge in [0.05, 0.1) is 18.7 Å². The fourth-order valence-corrected chi connectivity index (χ4v) is 1.58. The van der Waals surface area contributed by atoms with Gasteiger partial charge in [-0.1, -0.05) is 30.3 Å². The van der Waals surface area contributed by atoms with Gasteiger partial charge in [-0.25, -0.2) is 0 Å². The van der Waals surface area contributed by atoms with Gasteiger partial charge < -0.3 is 17.1 Å². The van der Waals surface area contributed by atoms with Gasteiger partial charge >= 0.3 is 5.69 Å². The first-order chi connectivity index (χ1) is 7.85. The number of nitrogens with zero attached hydrogens (tertiary/aromatic N) is 2. The summed E-state index contributed by atoms with van der Waals surface area (Å²) in [7, 11) is 1.58. The van der Waals surface area contributed by atoms with Crippen molar-refractivity contribution >= 4 is 5.69 Å². The van der Waals surface area contributed by atoms with Crippen LogP contribution in [0.5, 0.6) is 5.75 Å². The maximum absolute atomic E-state index is 8.97. The van der Waals surface area contributed by atoms with Crippen LogP contribution in [0, 0.1) is 5.39 Å². The Balaban J connectivity index is 0.00000144. The summed E-state index contributed by atoms with van der Waals surface area (Å²) in [5, 5.41) is 8.97. The van der Waals surface area contributed by atoms with Gasteiger partial charge in [0.15, 0.2) is 4.98 Å². The zero-order valence-electron chi connectivity index (χ0n) is 9.30. The van der Waals surface area contributed by atoms with Gasteiger partial charge in [0.1, 0.15) is 5.75 Å². The minimum atomic E-state index is 0. The number of diazo groups is 1. The Morgan fingerprint density at radius 2 is 1.76 bits per heavy atom. The molecule has 2 aromatic rings. The summed E-state index contributed by atoms with van der Waals surface area (Å²) in [6.07, 6.45) is 0. The monoisotopic (exact) mass is 246 g/mol. The third-order valence-electron chi connectivity index (χ3n) is 2.40. The van der Waals surface area contributed by atoms with Crippen LogP contribution in [0.25, 0.3) is 16.1 Å². The first kappa shape index (κ1) is 13.0. The molecule has 0 radical (unpaired) electrons. The second-order valence-corrected chi connectivity index (χ2v) is 3.35. The largest absolute Gasteiger partial charge is 1.00 e. The standard InChI is InChI=1S/C13H11N2O.ClH/c1-16-11-7-8-12(13(9-11)15-14)10-5-3-2-4-6-10;/h2-9H,1H3;1H/q+1;/p-1. The lowest BCUT2D eigenvalue weighted by atomic mass is 10.0. The Bertz CT molecular complexity index is 535. The fraction of sp³-hybridized carbons (Fsp3) is 0.0769. The molecule has 0 aliphatic heterocycles. The molecule has 0 unspecified atom stereocenters. The van der Waals surface area contributed by atoms with Crippen molar-refractivity contribution in [1.82, 2.24) is 0 Å². The Morgan fingerprint density at radius 1 is 1.06 bits per heavy atom. The first-order valence-corrected chi connectivity index (χ1v) is 4.93. The summed E-state index contributed by atoms with van der Waals surface area (Å²) in [6, 6.07) is 15.2. The van der Waals surface area contributed by atoms with Gasteiger partial charge in [-0.05, 0) is 17.7 Å². The molecule has 0 N–H and O–H groups in total. The molecule has 86 valence electrons. The number of benzene rings is 2. The van der Waals surface area contributed by atoms with Crippen molar-refractivity contribution < 1.29 is 17.1 Å². The molecule has 0 amide bonds. The first-order valence-electron chi connectivity index (χ1n) is 4.93. The number of halogens is 1. The summed E-state index contributed by atoms with van der Waals surface area (Å²) in [6.45, 7) is 0. The molecule has 0 spiro atoms. The lowest BCUT2D eigenvalue weighted by Gasteiger charge is -2.00. The van der Waals surface area contributed by atoms with E-state index in [1.54, 1.807) is 13.2 Å². The predicted octanol–water partition coefficient (Wildman–Crippen LogP) is 0.851. The molecule has 17 heavy (non-hydrogen) atoms. The minimum Gasteiger partial charge on any atom is -1.00 e. The number of rotatable bonds is 2. The molecule has 0 saturated carbocycles. The van der Waals surface area contributed by atoms with Crippen molar-refractivity contribution in [2.75, 3.05) is 7.11 Å². The second-order valence-electron chi connectivity index (χ2n) is 3.35. The van der Waals surface area contributed by atoms with E-state index in [-0.39, 0.29) is 12.4 Å². The summed E-state index contributed by atoms with van der Waals surface area (Å²) in [5.41, 5.74) is 2.40. The Kier molecular flexibility index (Phi) is 4.50. The van der Waals surface area contributed by atoms with Gasteiger partial charge in [-0.15, -0.1) is 0 Å². The van der Waals surface area contributed by atoms with Gasteiger partial charge in [0.25, 0.3) is 0 Å². The SMILES string of the molecule is COc1ccc(-c2ccccc2)c([N+]#N)c1.[Cl-]. The number of hydrogen-bond acceptors (Lipinski definition) is 2. The van der Waals surface area contributed by atoms with Crippen molar-refractivity contribution in [3.63, 3.8) is 0 Å². The van der Waals surface area contributed by atoms with Crippen molar-refractivity contribution in [1.29, 1.82) is 5.39 Å². The molecule has 0 aromatic heterocycles. The van der Waals surface area contributed by atoms with E-state index in [2.05, 4.69) is 4.98 Å². The maximum atomic E-state index is 8.97. The third kappa shape index (κ3) is 2.74. The van der Waals surface area contributed by atoms with Gasteiger partial charge in [0.2, 0.25) is 5.39 Å². The molecule has 2 aromatic carbocycles. The van der Waals surface area contributed by atoms with Crippen LogP contribution >= 0.6 is 0 Å². The van der Waals surface area contributed by atoms with E-state index in [0.29, 0.717) is 11.4 Å². The smallest absolute Gasteiger partial charge is 0.396 e. The Morgan fingerprint density at radius 3 is 2.35 bits per heavy atom. The summed E-state index contributed by atoms with van der Waals surface area (Å²) < 4.78 is 5.08. The van der Waals surface area contributed by atoms with Gasteiger partial charge in [-0.3, -0.25) is 0 Å². The zero-order valence-corrected chi connectivity index (χ0v) is 10.1. The zero-order chi connectivity index (χ0) is 11.4. The topological polar surface area (TPSA) is 37.4 Å². The van der Waals surface area contributed by atoms with Crippen LogP contribution in [0.4, 0.5) is 5.69 Å². The normalized spacial score (nSPS) is 8.94. The number of ether oxygens (including phenoxy) is 1. The molecule has 4 heteroatoms. The van der Waals surface area contributed by atoms with Crippen molar-refractivity contribution in [3.8, 4) is 16.9 Å². The lowest BCUT2D eigenvalue weighted by Crippen LogP contribution is -3.00. The van der Waals surface area contributed by atoms with Gasteiger partial charge in [-0.2, -0.15) is 0 Å². The Labute approximate surface area is 106 Å². The van der Waals surface area contributed by atoms with E-state index in [4.69, 9.17) is 10.1 Å². The van der Waals surface area contributed by atoms with Crippen LogP contribution < -0.4 is 17.1 Å². The second kappa shape index (κ2) is 5.88. The molecule has 0 aliphatic carbocycles. The quantitative estimate of drug-likeness (QED) is 0.737. The van der Waals surface area contributed by atoms with E-state index >= 15 is 0 Å². The average molecular weight is 247 g/mol. The summed E-state index contributed by atoms with van der Waals surface area (Å²) in [4.78, 5) is 3.28. The van der Waals surface area contributed by atoms with Crippen molar-refractivity contribution in [3.05, 3.63) is 53.5 Å². The van der Waals surface area contributed by atoms with Crippen molar-refractivity contribution in [2.24, 2.45) is 0 Å². The number of methoxy groups -OCH3 is 1. The molecule has 0 heterocycles. The van der Waals surface area contributed by atoms with Crippen LogP contribution in [0.15, 0.2) is 48.5 Å². The van der Waals surface area contributed by atoms with Crippen LogP contribution in [0.1, 0.15) is 0 Å². The third-order valence-corrected chi connectivity index (χ3v) is 2.40. The molecule has 3 nitrogen and oxygen atoms in total. The molecule has 2 rings (SSSR count). The fourth-order valence-electron chi connectivity index (χ4n) is 1.58. The molecule has 0 fully saturated rings. The predicted molar refractivity (Wildman–Crippen MR) is 63.2 cm³/mol. The van der Waals surface area contributed by atoms with E-state index < -0.39 is 0 Å². The van der Waals surface area contributed by atoms with E-state index in [1.807, 2.05) is 42.5 Å². The van der Waals surface area contributed by atoms with Crippen LogP contribution in [0.3, 0.4) is 0 Å². The maximum Gasteiger partial charge on any atom is 0.396 e. The summed E-state index contributed by atoms with van der Waals surface area (Å²) in [5.74, 6) is 0.674. The average Bonchev–Trinajstić information content (AvgIpc) is 2.39. The van der Waals surface area contributed by atoms with Crippen LogP contribution in [0.2, 0.25) is 0 Å². The van der Waals surface area contributed by atoms with Crippen LogP contribution in [-0.4, -0.2) is 7.11 Å².